The van der Waals surface area contributed by atoms with Gasteiger partial charge in [0.2, 0.25) is 0 Å². The minimum absolute atomic E-state index is 0.219. The second kappa shape index (κ2) is 6.15. The highest BCUT2D eigenvalue weighted by molar-refractivity contribution is 5.61. The van der Waals surface area contributed by atoms with Crippen molar-refractivity contribution in [3.63, 3.8) is 0 Å². The predicted molar refractivity (Wildman–Crippen MR) is 83.9 cm³/mol. The SMILES string of the molecule is CC(c1ccncc1)c1ccc(-c2ccc(C#N)nc2)cn1. The van der Waals surface area contributed by atoms with E-state index in [9.17, 15) is 0 Å². The molecule has 1 atom stereocenters. The van der Waals surface area contributed by atoms with Crippen LogP contribution >= 0.6 is 0 Å². The normalized spacial score (nSPS) is 11.6. The number of hydrogen-bond donors (Lipinski definition) is 0. The summed E-state index contributed by atoms with van der Waals surface area (Å²) in [6.07, 6.45) is 7.13. The molecule has 4 heteroatoms. The van der Waals surface area contributed by atoms with Gasteiger partial charge in [0.25, 0.3) is 0 Å². The zero-order chi connectivity index (χ0) is 15.4. The van der Waals surface area contributed by atoms with Crippen LogP contribution in [0.25, 0.3) is 11.1 Å². The lowest BCUT2D eigenvalue weighted by Gasteiger charge is -2.11. The number of rotatable bonds is 3. The molecule has 0 fully saturated rings. The summed E-state index contributed by atoms with van der Waals surface area (Å²) in [5, 5.41) is 8.78. The summed E-state index contributed by atoms with van der Waals surface area (Å²) in [7, 11) is 0. The van der Waals surface area contributed by atoms with Crippen molar-refractivity contribution in [1.29, 1.82) is 5.26 Å². The lowest BCUT2D eigenvalue weighted by Crippen LogP contribution is -1.99. The molecule has 0 spiro atoms. The smallest absolute Gasteiger partial charge is 0.140 e. The largest absolute Gasteiger partial charge is 0.265 e. The molecule has 0 aliphatic heterocycles. The monoisotopic (exact) mass is 286 g/mol. The van der Waals surface area contributed by atoms with Gasteiger partial charge >= 0.3 is 0 Å². The van der Waals surface area contributed by atoms with Crippen LogP contribution in [-0.2, 0) is 0 Å². The van der Waals surface area contributed by atoms with Crippen LogP contribution in [0.5, 0.6) is 0 Å². The van der Waals surface area contributed by atoms with Gasteiger partial charge in [-0.25, -0.2) is 4.98 Å². The summed E-state index contributed by atoms with van der Waals surface area (Å²) >= 11 is 0. The van der Waals surface area contributed by atoms with Crippen molar-refractivity contribution in [2.75, 3.05) is 0 Å². The average Bonchev–Trinajstić information content (AvgIpc) is 2.62. The first kappa shape index (κ1) is 13.9. The third-order valence-electron chi connectivity index (χ3n) is 3.65. The Labute approximate surface area is 129 Å². The minimum Gasteiger partial charge on any atom is -0.265 e. The Hall–Kier alpha value is -3.06. The molecular weight excluding hydrogens is 272 g/mol. The molecular formula is C18H14N4. The van der Waals surface area contributed by atoms with E-state index in [4.69, 9.17) is 5.26 Å². The van der Waals surface area contributed by atoms with Crippen molar-refractivity contribution >= 4 is 0 Å². The molecule has 22 heavy (non-hydrogen) atoms. The van der Waals surface area contributed by atoms with Gasteiger partial charge in [-0.1, -0.05) is 13.0 Å². The van der Waals surface area contributed by atoms with E-state index in [2.05, 4.69) is 21.9 Å². The topological polar surface area (TPSA) is 62.5 Å². The van der Waals surface area contributed by atoms with Gasteiger partial charge in [-0.15, -0.1) is 0 Å². The van der Waals surface area contributed by atoms with E-state index in [1.165, 1.54) is 5.56 Å². The van der Waals surface area contributed by atoms with Crippen LogP contribution < -0.4 is 0 Å². The third kappa shape index (κ3) is 2.84. The molecule has 3 heterocycles. The van der Waals surface area contributed by atoms with E-state index in [-0.39, 0.29) is 5.92 Å². The fraction of sp³-hybridized carbons (Fsp3) is 0.111. The Kier molecular flexibility index (Phi) is 3.88. The molecule has 0 amide bonds. The maximum absolute atomic E-state index is 8.78. The first-order chi connectivity index (χ1) is 10.8. The molecule has 0 saturated carbocycles. The number of nitrogens with zero attached hydrogens (tertiary/aromatic N) is 4. The fourth-order valence-electron chi connectivity index (χ4n) is 2.29. The van der Waals surface area contributed by atoms with Gasteiger partial charge in [-0.3, -0.25) is 9.97 Å². The zero-order valence-electron chi connectivity index (χ0n) is 12.1. The van der Waals surface area contributed by atoms with E-state index >= 15 is 0 Å². The summed E-state index contributed by atoms with van der Waals surface area (Å²) in [5.41, 5.74) is 4.56. The average molecular weight is 286 g/mol. The van der Waals surface area contributed by atoms with E-state index in [0.717, 1.165) is 16.8 Å². The third-order valence-corrected chi connectivity index (χ3v) is 3.65. The van der Waals surface area contributed by atoms with Crippen molar-refractivity contribution in [2.45, 2.75) is 12.8 Å². The van der Waals surface area contributed by atoms with Crippen LogP contribution in [0.3, 0.4) is 0 Å². The van der Waals surface area contributed by atoms with Gasteiger partial charge in [0.15, 0.2) is 0 Å². The van der Waals surface area contributed by atoms with E-state index in [0.29, 0.717) is 5.69 Å². The second-order valence-corrected chi connectivity index (χ2v) is 5.02. The summed E-state index contributed by atoms with van der Waals surface area (Å²) < 4.78 is 0. The molecule has 0 radical (unpaired) electrons. The fourth-order valence-corrected chi connectivity index (χ4v) is 2.29. The molecule has 3 aromatic rings. The molecule has 0 bridgehead atoms. The van der Waals surface area contributed by atoms with Gasteiger partial charge in [0.1, 0.15) is 11.8 Å². The van der Waals surface area contributed by atoms with Gasteiger partial charge in [-0.2, -0.15) is 5.26 Å². The molecule has 3 aromatic heterocycles. The molecule has 0 N–H and O–H groups in total. The maximum atomic E-state index is 8.78. The van der Waals surface area contributed by atoms with Crippen LogP contribution in [0.15, 0.2) is 61.2 Å². The highest BCUT2D eigenvalue weighted by atomic mass is 14.7. The minimum atomic E-state index is 0.219. The number of aromatic nitrogens is 3. The van der Waals surface area contributed by atoms with E-state index < -0.39 is 0 Å². The summed E-state index contributed by atoms with van der Waals surface area (Å²) in [4.78, 5) is 12.7. The molecule has 106 valence electrons. The van der Waals surface area contributed by atoms with Crippen molar-refractivity contribution in [1.82, 2.24) is 15.0 Å². The molecule has 0 aromatic carbocycles. The van der Waals surface area contributed by atoms with Crippen molar-refractivity contribution < 1.29 is 0 Å². The molecule has 4 nitrogen and oxygen atoms in total. The quantitative estimate of drug-likeness (QED) is 0.738. The van der Waals surface area contributed by atoms with Gasteiger partial charge in [0, 0.05) is 47.5 Å². The Morgan fingerprint density at radius 1 is 0.909 bits per heavy atom. The summed E-state index contributed by atoms with van der Waals surface area (Å²) in [6, 6.07) is 13.7. The Bertz CT molecular complexity index is 787. The maximum Gasteiger partial charge on any atom is 0.140 e. The highest BCUT2D eigenvalue weighted by Gasteiger charge is 2.10. The molecule has 3 rings (SSSR count). The number of hydrogen-bond acceptors (Lipinski definition) is 4. The molecule has 0 saturated heterocycles. The zero-order valence-corrected chi connectivity index (χ0v) is 12.1. The lowest BCUT2D eigenvalue weighted by atomic mass is 9.97. The summed E-state index contributed by atoms with van der Waals surface area (Å²) in [6.45, 7) is 2.13. The lowest BCUT2D eigenvalue weighted by molar-refractivity contribution is 0.869. The van der Waals surface area contributed by atoms with Crippen molar-refractivity contribution in [3.05, 3.63) is 78.1 Å². The van der Waals surface area contributed by atoms with Gasteiger partial charge in [-0.05, 0) is 35.9 Å². The Morgan fingerprint density at radius 3 is 2.14 bits per heavy atom. The second-order valence-electron chi connectivity index (χ2n) is 5.02. The Balaban J connectivity index is 1.85. The Morgan fingerprint density at radius 2 is 1.59 bits per heavy atom. The van der Waals surface area contributed by atoms with Crippen LogP contribution in [0.1, 0.15) is 29.8 Å². The first-order valence-corrected chi connectivity index (χ1v) is 7.00. The van der Waals surface area contributed by atoms with Crippen molar-refractivity contribution in [3.8, 4) is 17.2 Å². The van der Waals surface area contributed by atoms with Crippen molar-refractivity contribution in [2.24, 2.45) is 0 Å². The molecule has 0 aliphatic rings. The van der Waals surface area contributed by atoms with E-state index in [1.54, 1.807) is 24.7 Å². The van der Waals surface area contributed by atoms with Crippen LogP contribution in [-0.4, -0.2) is 15.0 Å². The number of nitriles is 1. The molecule has 0 aliphatic carbocycles. The standard InChI is InChI=1S/C18H14N4/c1-13(14-6-8-20-9-7-14)18-5-3-16(12-22-18)15-2-4-17(10-19)21-11-15/h2-9,11-13H,1H3. The van der Waals surface area contributed by atoms with E-state index in [1.807, 2.05) is 42.6 Å². The van der Waals surface area contributed by atoms with Gasteiger partial charge < -0.3 is 0 Å². The van der Waals surface area contributed by atoms with Crippen LogP contribution in [0, 0.1) is 11.3 Å². The first-order valence-electron chi connectivity index (χ1n) is 7.00. The number of pyridine rings is 3. The van der Waals surface area contributed by atoms with Crippen LogP contribution in [0.4, 0.5) is 0 Å². The van der Waals surface area contributed by atoms with Crippen LogP contribution in [0.2, 0.25) is 0 Å². The predicted octanol–water partition coefficient (Wildman–Crippen LogP) is 3.56. The summed E-state index contributed by atoms with van der Waals surface area (Å²) in [5.74, 6) is 0.219. The van der Waals surface area contributed by atoms with Gasteiger partial charge in [0.05, 0.1) is 0 Å². The molecule has 1 unspecified atom stereocenters. The highest BCUT2D eigenvalue weighted by Crippen LogP contribution is 2.24.